The lowest BCUT2D eigenvalue weighted by Gasteiger charge is -2.06. The van der Waals surface area contributed by atoms with Gasteiger partial charge < -0.3 is 4.74 Å². The third-order valence-corrected chi connectivity index (χ3v) is 2.63. The number of alkyl halides is 1. The molecule has 0 aliphatic rings. The Bertz CT molecular complexity index is 599. The van der Waals surface area contributed by atoms with Crippen LogP contribution in [-0.2, 0) is 6.61 Å². The first-order chi connectivity index (χ1) is 9.31. The molecule has 0 spiro atoms. The van der Waals surface area contributed by atoms with Crippen LogP contribution in [0, 0.1) is 18.8 Å². The first-order valence-corrected chi connectivity index (χ1v) is 6.39. The Hall–Kier alpha value is -1.99. The average Bonchev–Trinajstić information content (AvgIpc) is 2.83. The number of halogens is 1. The normalized spacial score (nSPS) is 9.79. The van der Waals surface area contributed by atoms with E-state index in [0.717, 1.165) is 11.3 Å². The predicted molar refractivity (Wildman–Crippen MR) is 72.0 cm³/mol. The summed E-state index contributed by atoms with van der Waals surface area (Å²) < 4.78 is 10.3. The molecule has 0 fully saturated rings. The maximum absolute atomic E-state index is 5.70. The van der Waals surface area contributed by atoms with Gasteiger partial charge in [0.1, 0.15) is 23.7 Å². The van der Waals surface area contributed by atoms with Crippen molar-refractivity contribution in [1.29, 1.82) is 0 Å². The molecule has 0 atom stereocenters. The van der Waals surface area contributed by atoms with Gasteiger partial charge in [0.15, 0.2) is 0 Å². The minimum Gasteiger partial charge on any atom is -0.486 e. The van der Waals surface area contributed by atoms with E-state index in [2.05, 4.69) is 26.8 Å². The molecule has 0 unspecified atom stereocenters. The molecular formula is C14H13ClN2O2. The second-order valence-electron chi connectivity index (χ2n) is 3.82. The zero-order chi connectivity index (χ0) is 13.5. The van der Waals surface area contributed by atoms with Crippen LogP contribution in [0.4, 0.5) is 0 Å². The number of aromatic nitrogens is 2. The van der Waals surface area contributed by atoms with Crippen LogP contribution in [0.2, 0.25) is 0 Å². The number of nitrogens with zero attached hydrogens (tertiary/aromatic N) is 2. The standard InChI is InChI=1S/C14H13ClN2O2/c1-11-13(17-19-16-11)10-18-14-8-3-2-6-12(14)7-4-5-9-15/h2-3,6,8H,5,9-10H2,1H3. The number of benzene rings is 1. The summed E-state index contributed by atoms with van der Waals surface area (Å²) in [6.45, 7) is 2.13. The predicted octanol–water partition coefficient (Wildman–Crippen LogP) is 2.94. The third-order valence-electron chi connectivity index (χ3n) is 2.44. The van der Waals surface area contributed by atoms with Crippen LogP contribution in [0.5, 0.6) is 5.75 Å². The summed E-state index contributed by atoms with van der Waals surface area (Å²) in [4.78, 5) is 0. The molecule has 4 nitrogen and oxygen atoms in total. The summed E-state index contributed by atoms with van der Waals surface area (Å²) in [5.74, 6) is 7.27. The monoisotopic (exact) mass is 276 g/mol. The van der Waals surface area contributed by atoms with Crippen molar-refractivity contribution in [3.8, 4) is 17.6 Å². The van der Waals surface area contributed by atoms with Gasteiger partial charge in [0.05, 0.1) is 5.56 Å². The summed E-state index contributed by atoms with van der Waals surface area (Å²) in [5, 5.41) is 7.47. The van der Waals surface area contributed by atoms with Crippen molar-refractivity contribution in [2.45, 2.75) is 20.0 Å². The van der Waals surface area contributed by atoms with E-state index in [0.29, 0.717) is 30.4 Å². The Morgan fingerprint density at radius 2 is 2.16 bits per heavy atom. The Morgan fingerprint density at radius 1 is 1.32 bits per heavy atom. The van der Waals surface area contributed by atoms with E-state index in [1.807, 2.05) is 31.2 Å². The Morgan fingerprint density at radius 3 is 2.89 bits per heavy atom. The van der Waals surface area contributed by atoms with E-state index in [9.17, 15) is 0 Å². The number of hydrogen-bond acceptors (Lipinski definition) is 4. The lowest BCUT2D eigenvalue weighted by Crippen LogP contribution is -1.99. The van der Waals surface area contributed by atoms with Crippen LogP contribution in [0.1, 0.15) is 23.4 Å². The van der Waals surface area contributed by atoms with Gasteiger partial charge in [-0.25, -0.2) is 4.63 Å². The Kier molecular flexibility index (Phi) is 4.82. The van der Waals surface area contributed by atoms with Gasteiger partial charge in [-0.2, -0.15) is 0 Å². The van der Waals surface area contributed by atoms with Crippen molar-refractivity contribution in [2.24, 2.45) is 0 Å². The van der Waals surface area contributed by atoms with E-state index >= 15 is 0 Å². The highest BCUT2D eigenvalue weighted by Crippen LogP contribution is 2.18. The average molecular weight is 277 g/mol. The quantitative estimate of drug-likeness (QED) is 0.636. The lowest BCUT2D eigenvalue weighted by atomic mass is 10.2. The summed E-state index contributed by atoms with van der Waals surface area (Å²) in [6.07, 6.45) is 0.655. The van der Waals surface area contributed by atoms with Crippen LogP contribution in [0.3, 0.4) is 0 Å². The fraction of sp³-hybridized carbons (Fsp3) is 0.286. The van der Waals surface area contributed by atoms with Crippen molar-refractivity contribution in [2.75, 3.05) is 5.88 Å². The molecule has 0 aliphatic heterocycles. The minimum atomic E-state index is 0.309. The SMILES string of the molecule is Cc1nonc1COc1ccccc1C#CCCCl. The number of ether oxygens (including phenoxy) is 1. The van der Waals surface area contributed by atoms with Gasteiger partial charge in [0.25, 0.3) is 0 Å². The second-order valence-corrected chi connectivity index (χ2v) is 4.20. The first-order valence-electron chi connectivity index (χ1n) is 5.86. The van der Waals surface area contributed by atoms with E-state index < -0.39 is 0 Å². The van der Waals surface area contributed by atoms with E-state index in [1.54, 1.807) is 0 Å². The van der Waals surface area contributed by atoms with Gasteiger partial charge in [-0.1, -0.05) is 34.3 Å². The molecule has 0 amide bonds. The molecule has 0 aliphatic carbocycles. The third kappa shape index (κ3) is 3.73. The van der Waals surface area contributed by atoms with Gasteiger partial charge >= 0.3 is 0 Å². The second kappa shape index (κ2) is 6.81. The molecule has 2 rings (SSSR count). The van der Waals surface area contributed by atoms with Crippen molar-refractivity contribution >= 4 is 11.6 Å². The molecule has 2 aromatic rings. The highest BCUT2D eigenvalue weighted by atomic mass is 35.5. The fourth-order valence-electron chi connectivity index (χ4n) is 1.43. The van der Waals surface area contributed by atoms with Crippen LogP contribution >= 0.6 is 11.6 Å². The largest absolute Gasteiger partial charge is 0.486 e. The van der Waals surface area contributed by atoms with Gasteiger partial charge in [-0.05, 0) is 19.1 Å². The number of aryl methyl sites for hydroxylation is 1. The summed E-state index contributed by atoms with van der Waals surface area (Å²) >= 11 is 5.59. The zero-order valence-corrected chi connectivity index (χ0v) is 11.3. The molecule has 1 aromatic carbocycles. The zero-order valence-electron chi connectivity index (χ0n) is 10.5. The van der Waals surface area contributed by atoms with Gasteiger partial charge in [0.2, 0.25) is 0 Å². The van der Waals surface area contributed by atoms with Crippen LogP contribution in [0.15, 0.2) is 28.9 Å². The minimum absolute atomic E-state index is 0.309. The van der Waals surface area contributed by atoms with Gasteiger partial charge in [-0.15, -0.1) is 11.6 Å². The van der Waals surface area contributed by atoms with Crippen molar-refractivity contribution < 1.29 is 9.37 Å². The number of hydrogen-bond donors (Lipinski definition) is 0. The molecule has 0 saturated carbocycles. The highest BCUT2D eigenvalue weighted by molar-refractivity contribution is 6.18. The van der Waals surface area contributed by atoms with E-state index in [4.69, 9.17) is 16.3 Å². The molecule has 1 heterocycles. The van der Waals surface area contributed by atoms with Crippen LogP contribution in [-0.4, -0.2) is 16.2 Å². The summed E-state index contributed by atoms with van der Waals surface area (Å²) in [7, 11) is 0. The number of para-hydroxylation sites is 1. The maximum atomic E-state index is 5.70. The van der Waals surface area contributed by atoms with Gasteiger partial charge in [0, 0.05) is 12.3 Å². The fourth-order valence-corrected chi connectivity index (χ4v) is 1.52. The summed E-state index contributed by atoms with van der Waals surface area (Å²) in [6, 6.07) is 7.59. The molecule has 0 bridgehead atoms. The van der Waals surface area contributed by atoms with Crippen molar-refractivity contribution in [3.63, 3.8) is 0 Å². The van der Waals surface area contributed by atoms with Crippen LogP contribution in [0.25, 0.3) is 0 Å². The summed E-state index contributed by atoms with van der Waals surface area (Å²) in [5.41, 5.74) is 2.25. The first kappa shape index (κ1) is 13.4. The molecular weight excluding hydrogens is 264 g/mol. The lowest BCUT2D eigenvalue weighted by molar-refractivity contribution is 0.269. The van der Waals surface area contributed by atoms with Gasteiger partial charge in [-0.3, -0.25) is 0 Å². The molecule has 0 radical (unpaired) electrons. The Balaban J connectivity index is 2.08. The highest BCUT2D eigenvalue weighted by Gasteiger charge is 2.07. The number of rotatable bonds is 4. The van der Waals surface area contributed by atoms with E-state index in [-0.39, 0.29) is 0 Å². The topological polar surface area (TPSA) is 48.2 Å². The molecule has 0 saturated heterocycles. The molecule has 0 N–H and O–H groups in total. The molecule has 1 aromatic heterocycles. The molecule has 5 heteroatoms. The molecule has 19 heavy (non-hydrogen) atoms. The van der Waals surface area contributed by atoms with Crippen molar-refractivity contribution in [1.82, 2.24) is 10.3 Å². The van der Waals surface area contributed by atoms with Crippen molar-refractivity contribution in [3.05, 3.63) is 41.2 Å². The molecule has 98 valence electrons. The smallest absolute Gasteiger partial charge is 0.145 e. The Labute approximate surface area is 116 Å². The van der Waals surface area contributed by atoms with Crippen LogP contribution < -0.4 is 4.74 Å². The maximum Gasteiger partial charge on any atom is 0.145 e. The van der Waals surface area contributed by atoms with E-state index in [1.165, 1.54) is 0 Å².